The number of nitrogens with zero attached hydrogens (tertiary/aromatic N) is 4. The van der Waals surface area contributed by atoms with Crippen LogP contribution in [0.4, 0.5) is 0 Å². The highest BCUT2D eigenvalue weighted by molar-refractivity contribution is 5.83. The third-order valence-electron chi connectivity index (χ3n) is 5.84. The molecule has 2 aromatic heterocycles. The Bertz CT molecular complexity index is 792. The normalized spacial score (nSPS) is 24.4. The van der Waals surface area contributed by atoms with Gasteiger partial charge in [0.15, 0.2) is 0 Å². The summed E-state index contributed by atoms with van der Waals surface area (Å²) in [4.78, 5) is 21.5. The Morgan fingerprint density at radius 1 is 1.36 bits per heavy atom. The van der Waals surface area contributed by atoms with Crippen LogP contribution in [-0.2, 0) is 11.3 Å². The zero-order valence-corrected chi connectivity index (χ0v) is 15.0. The maximum Gasteiger partial charge on any atom is 0.228 e. The zero-order chi connectivity index (χ0) is 17.6. The first kappa shape index (κ1) is 16.5. The number of aliphatic hydroxyl groups is 1. The standard InChI is InChI=1S/C19H26N4O2/c1-14-4-3-7-23-12-15(20-17(14)23)11-22-8-5-19(6-9-22)10-16(24)13-21(2)18(19)25/h3-4,7,12,16,24H,5-6,8-11,13H2,1-2H3. The molecule has 1 amide bonds. The average molecular weight is 342 g/mol. The largest absolute Gasteiger partial charge is 0.391 e. The zero-order valence-electron chi connectivity index (χ0n) is 15.0. The molecule has 1 unspecified atom stereocenters. The van der Waals surface area contributed by atoms with E-state index in [2.05, 4.69) is 28.5 Å². The number of pyridine rings is 1. The molecule has 0 saturated carbocycles. The molecule has 6 heteroatoms. The summed E-state index contributed by atoms with van der Waals surface area (Å²) in [5.41, 5.74) is 2.89. The average Bonchev–Trinajstić information content (AvgIpc) is 2.99. The van der Waals surface area contributed by atoms with Gasteiger partial charge in [-0.3, -0.25) is 9.69 Å². The quantitative estimate of drug-likeness (QED) is 0.897. The van der Waals surface area contributed by atoms with Gasteiger partial charge in [0.25, 0.3) is 0 Å². The van der Waals surface area contributed by atoms with E-state index in [1.54, 1.807) is 11.9 Å². The molecule has 2 fully saturated rings. The van der Waals surface area contributed by atoms with E-state index in [0.717, 1.165) is 43.8 Å². The SMILES string of the molecule is Cc1cccn2cc(CN3CCC4(CC3)CC(O)CN(C)C4=O)nc12. The molecule has 0 radical (unpaired) electrons. The first-order valence-corrected chi connectivity index (χ1v) is 9.06. The highest BCUT2D eigenvalue weighted by Gasteiger charge is 2.47. The number of hydrogen-bond acceptors (Lipinski definition) is 4. The Hall–Kier alpha value is -1.92. The van der Waals surface area contributed by atoms with E-state index in [4.69, 9.17) is 4.98 Å². The minimum Gasteiger partial charge on any atom is -0.391 e. The third kappa shape index (κ3) is 2.93. The van der Waals surface area contributed by atoms with Crippen molar-refractivity contribution in [3.8, 4) is 0 Å². The van der Waals surface area contributed by atoms with E-state index < -0.39 is 6.10 Å². The smallest absolute Gasteiger partial charge is 0.228 e. The van der Waals surface area contributed by atoms with Gasteiger partial charge in [0, 0.05) is 32.5 Å². The number of β-amino-alcohol motifs (C(OH)–C–C–N with tert-alkyl or cyclic N) is 1. The number of aryl methyl sites for hydroxylation is 1. The van der Waals surface area contributed by atoms with Crippen molar-refractivity contribution in [1.82, 2.24) is 19.2 Å². The molecule has 2 aromatic rings. The lowest BCUT2D eigenvalue weighted by atomic mass is 9.71. The summed E-state index contributed by atoms with van der Waals surface area (Å²) >= 11 is 0. The van der Waals surface area contributed by atoms with Crippen molar-refractivity contribution < 1.29 is 9.90 Å². The molecule has 2 aliphatic heterocycles. The minimum atomic E-state index is -0.393. The van der Waals surface area contributed by atoms with Crippen LogP contribution < -0.4 is 0 Å². The molecule has 0 aliphatic carbocycles. The third-order valence-corrected chi connectivity index (χ3v) is 5.84. The van der Waals surface area contributed by atoms with E-state index >= 15 is 0 Å². The summed E-state index contributed by atoms with van der Waals surface area (Å²) in [5, 5.41) is 10.1. The number of likely N-dealkylation sites (N-methyl/N-ethyl adjacent to an activating group) is 1. The molecular weight excluding hydrogens is 316 g/mol. The van der Waals surface area contributed by atoms with Gasteiger partial charge in [-0.15, -0.1) is 0 Å². The first-order chi connectivity index (χ1) is 12.0. The van der Waals surface area contributed by atoms with Crippen LogP contribution in [0.1, 0.15) is 30.5 Å². The molecule has 4 rings (SSSR count). The van der Waals surface area contributed by atoms with Crippen LogP contribution in [0.5, 0.6) is 0 Å². The van der Waals surface area contributed by atoms with Crippen LogP contribution in [0.3, 0.4) is 0 Å². The van der Waals surface area contributed by atoms with Crippen molar-refractivity contribution >= 4 is 11.6 Å². The number of carbonyl (C=O) groups is 1. The maximum absolute atomic E-state index is 12.6. The van der Waals surface area contributed by atoms with Crippen LogP contribution in [0, 0.1) is 12.3 Å². The van der Waals surface area contributed by atoms with Gasteiger partial charge in [-0.2, -0.15) is 0 Å². The van der Waals surface area contributed by atoms with Gasteiger partial charge < -0.3 is 14.4 Å². The topological polar surface area (TPSA) is 61.1 Å². The lowest BCUT2D eigenvalue weighted by molar-refractivity contribution is -0.154. The van der Waals surface area contributed by atoms with E-state index in [1.807, 2.05) is 12.3 Å². The summed E-state index contributed by atoms with van der Waals surface area (Å²) in [6.07, 6.45) is 5.98. The number of hydrogen-bond donors (Lipinski definition) is 1. The van der Waals surface area contributed by atoms with Crippen molar-refractivity contribution in [1.29, 1.82) is 0 Å². The number of likely N-dealkylation sites (tertiary alicyclic amines) is 2. The Morgan fingerprint density at radius 2 is 2.12 bits per heavy atom. The van der Waals surface area contributed by atoms with Crippen LogP contribution in [0.15, 0.2) is 24.5 Å². The Morgan fingerprint density at radius 3 is 2.84 bits per heavy atom. The molecule has 0 aromatic carbocycles. The van der Waals surface area contributed by atoms with Gasteiger partial charge in [0.05, 0.1) is 17.2 Å². The number of piperidine rings is 2. The monoisotopic (exact) mass is 342 g/mol. The van der Waals surface area contributed by atoms with Crippen molar-refractivity contribution in [2.75, 3.05) is 26.7 Å². The fourth-order valence-corrected chi connectivity index (χ4v) is 4.47. The maximum atomic E-state index is 12.6. The van der Waals surface area contributed by atoms with Crippen LogP contribution in [0.2, 0.25) is 0 Å². The highest BCUT2D eigenvalue weighted by Crippen LogP contribution is 2.40. The van der Waals surface area contributed by atoms with Gasteiger partial charge in [0.2, 0.25) is 5.91 Å². The predicted octanol–water partition coefficient (Wildman–Crippen LogP) is 1.45. The second-order valence-electron chi connectivity index (χ2n) is 7.75. The summed E-state index contributed by atoms with van der Waals surface area (Å²) in [6, 6.07) is 4.11. The molecular formula is C19H26N4O2. The summed E-state index contributed by atoms with van der Waals surface area (Å²) in [6.45, 7) is 5.10. The van der Waals surface area contributed by atoms with E-state index in [-0.39, 0.29) is 11.3 Å². The van der Waals surface area contributed by atoms with Gasteiger partial charge in [0.1, 0.15) is 5.65 Å². The Labute approximate surface area is 148 Å². The van der Waals surface area contributed by atoms with Gasteiger partial charge in [-0.05, 0) is 50.9 Å². The predicted molar refractivity (Wildman–Crippen MR) is 95.1 cm³/mol. The number of imidazole rings is 1. The Kier molecular flexibility index (Phi) is 4.04. The molecule has 2 aliphatic rings. The number of rotatable bonds is 2. The minimum absolute atomic E-state index is 0.209. The molecule has 25 heavy (non-hydrogen) atoms. The molecule has 1 atom stereocenters. The molecule has 6 nitrogen and oxygen atoms in total. The molecule has 1 spiro atoms. The van der Waals surface area contributed by atoms with Crippen molar-refractivity contribution in [2.24, 2.45) is 5.41 Å². The van der Waals surface area contributed by atoms with Gasteiger partial charge in [-0.25, -0.2) is 4.98 Å². The van der Waals surface area contributed by atoms with Gasteiger partial charge in [-0.1, -0.05) is 6.07 Å². The highest BCUT2D eigenvalue weighted by atomic mass is 16.3. The van der Waals surface area contributed by atoms with Crippen LogP contribution >= 0.6 is 0 Å². The second kappa shape index (κ2) is 6.11. The molecule has 134 valence electrons. The fourth-order valence-electron chi connectivity index (χ4n) is 4.47. The number of fused-ring (bicyclic) bond motifs is 1. The van der Waals surface area contributed by atoms with Crippen LogP contribution in [0.25, 0.3) is 5.65 Å². The molecule has 4 heterocycles. The lowest BCUT2D eigenvalue weighted by Crippen LogP contribution is -2.56. The van der Waals surface area contributed by atoms with Crippen molar-refractivity contribution in [3.05, 3.63) is 35.8 Å². The Balaban J connectivity index is 1.45. The number of carbonyl (C=O) groups excluding carboxylic acids is 1. The second-order valence-corrected chi connectivity index (χ2v) is 7.75. The first-order valence-electron chi connectivity index (χ1n) is 9.06. The van der Waals surface area contributed by atoms with Crippen molar-refractivity contribution in [3.63, 3.8) is 0 Å². The van der Waals surface area contributed by atoms with Crippen LogP contribution in [-0.4, -0.2) is 63.0 Å². The number of aromatic nitrogens is 2. The lowest BCUT2D eigenvalue weighted by Gasteiger charge is -2.46. The summed E-state index contributed by atoms with van der Waals surface area (Å²) < 4.78 is 2.08. The summed E-state index contributed by atoms with van der Waals surface area (Å²) in [5.74, 6) is 0.209. The fraction of sp³-hybridized carbons (Fsp3) is 0.579. The molecule has 1 N–H and O–H groups in total. The van der Waals surface area contributed by atoms with Crippen molar-refractivity contribution in [2.45, 2.75) is 38.8 Å². The molecule has 2 saturated heterocycles. The van der Waals surface area contributed by atoms with E-state index in [1.165, 1.54) is 5.56 Å². The van der Waals surface area contributed by atoms with Gasteiger partial charge >= 0.3 is 0 Å². The summed E-state index contributed by atoms with van der Waals surface area (Å²) in [7, 11) is 1.80. The number of amides is 1. The van der Waals surface area contributed by atoms with E-state index in [9.17, 15) is 9.90 Å². The van der Waals surface area contributed by atoms with E-state index in [0.29, 0.717) is 13.0 Å². The molecule has 0 bridgehead atoms. The number of aliphatic hydroxyl groups excluding tert-OH is 1.